The minimum absolute atomic E-state index is 0.174. The van der Waals surface area contributed by atoms with Crippen LogP contribution in [0.5, 0.6) is 0 Å². The number of halogens is 2. The standard InChI is InChI=1S/C29H40Br2/c1-3-5-7-9-11-13-20-29(21-14-12-10-8-6-4-2)25-16-15-17-27(31)28(25)24-19-18-23(30)22-26(24)29/h15-19,22H,3-14,20-21H2,1-2H3. The Labute approximate surface area is 207 Å². The third kappa shape index (κ3) is 6.05. The maximum absolute atomic E-state index is 3.90. The summed E-state index contributed by atoms with van der Waals surface area (Å²) in [4.78, 5) is 0. The molecule has 0 fully saturated rings. The lowest BCUT2D eigenvalue weighted by Crippen LogP contribution is -2.25. The highest BCUT2D eigenvalue weighted by Gasteiger charge is 2.42. The number of fused-ring (bicyclic) bond motifs is 3. The third-order valence-electron chi connectivity index (χ3n) is 7.21. The quantitative estimate of drug-likeness (QED) is 0.206. The van der Waals surface area contributed by atoms with Crippen LogP contribution in [0.1, 0.15) is 115 Å². The highest BCUT2D eigenvalue weighted by atomic mass is 79.9. The molecule has 170 valence electrons. The number of unbranched alkanes of at least 4 members (excludes halogenated alkanes) is 10. The molecule has 0 aromatic heterocycles. The van der Waals surface area contributed by atoms with Crippen LogP contribution in [0.3, 0.4) is 0 Å². The highest BCUT2D eigenvalue weighted by Crippen LogP contribution is 2.56. The minimum atomic E-state index is 0.174. The molecular formula is C29H40Br2. The van der Waals surface area contributed by atoms with Crippen LogP contribution >= 0.6 is 31.9 Å². The van der Waals surface area contributed by atoms with Crippen molar-refractivity contribution in [3.63, 3.8) is 0 Å². The summed E-state index contributed by atoms with van der Waals surface area (Å²) in [5, 5.41) is 0. The van der Waals surface area contributed by atoms with Gasteiger partial charge in [0.25, 0.3) is 0 Å². The molecule has 3 rings (SSSR count). The van der Waals surface area contributed by atoms with Gasteiger partial charge in [-0.25, -0.2) is 0 Å². The Hall–Kier alpha value is -0.600. The summed E-state index contributed by atoms with van der Waals surface area (Å²) < 4.78 is 2.46. The highest BCUT2D eigenvalue weighted by molar-refractivity contribution is 9.10. The Morgan fingerprint density at radius 2 is 1.23 bits per heavy atom. The van der Waals surface area contributed by atoms with E-state index < -0.39 is 0 Å². The van der Waals surface area contributed by atoms with E-state index in [-0.39, 0.29) is 5.41 Å². The van der Waals surface area contributed by atoms with Crippen molar-refractivity contribution in [3.05, 3.63) is 56.5 Å². The molecule has 0 atom stereocenters. The van der Waals surface area contributed by atoms with Crippen LogP contribution in [0.4, 0.5) is 0 Å². The van der Waals surface area contributed by atoms with E-state index in [9.17, 15) is 0 Å². The Bertz CT molecular complexity index is 807. The monoisotopic (exact) mass is 546 g/mol. The predicted octanol–water partition coefficient (Wildman–Crippen LogP) is 11.0. The fourth-order valence-electron chi connectivity index (χ4n) is 5.55. The lowest BCUT2D eigenvalue weighted by molar-refractivity contribution is 0.397. The van der Waals surface area contributed by atoms with E-state index in [0.717, 1.165) is 0 Å². The lowest BCUT2D eigenvalue weighted by atomic mass is 9.70. The summed E-state index contributed by atoms with van der Waals surface area (Å²) in [5.41, 5.74) is 6.20. The summed E-state index contributed by atoms with van der Waals surface area (Å²) in [6, 6.07) is 13.9. The van der Waals surface area contributed by atoms with E-state index in [1.807, 2.05) is 0 Å². The van der Waals surface area contributed by atoms with Crippen molar-refractivity contribution in [1.29, 1.82) is 0 Å². The second-order valence-electron chi connectivity index (χ2n) is 9.47. The van der Waals surface area contributed by atoms with Gasteiger partial charge in [0.1, 0.15) is 0 Å². The van der Waals surface area contributed by atoms with Crippen LogP contribution in [0, 0.1) is 0 Å². The fraction of sp³-hybridized carbons (Fsp3) is 0.586. The molecule has 0 spiro atoms. The van der Waals surface area contributed by atoms with Crippen LogP contribution < -0.4 is 0 Å². The second-order valence-corrected chi connectivity index (χ2v) is 11.2. The van der Waals surface area contributed by atoms with Crippen molar-refractivity contribution in [3.8, 4) is 11.1 Å². The first-order valence-electron chi connectivity index (χ1n) is 12.7. The van der Waals surface area contributed by atoms with Crippen molar-refractivity contribution in [2.45, 2.75) is 109 Å². The Morgan fingerprint density at radius 3 is 1.84 bits per heavy atom. The van der Waals surface area contributed by atoms with E-state index >= 15 is 0 Å². The van der Waals surface area contributed by atoms with Crippen LogP contribution in [0.25, 0.3) is 11.1 Å². The smallest absolute Gasteiger partial charge is 0.0256 e. The number of hydrogen-bond acceptors (Lipinski definition) is 0. The van der Waals surface area contributed by atoms with Crippen LogP contribution in [-0.2, 0) is 5.41 Å². The molecule has 2 aromatic carbocycles. The normalized spacial score (nSPS) is 13.9. The molecule has 1 aliphatic rings. The van der Waals surface area contributed by atoms with Crippen LogP contribution in [-0.4, -0.2) is 0 Å². The molecule has 0 saturated carbocycles. The maximum Gasteiger partial charge on any atom is 0.0256 e. The molecule has 0 aliphatic heterocycles. The molecule has 2 heteroatoms. The van der Waals surface area contributed by atoms with Crippen molar-refractivity contribution in [1.82, 2.24) is 0 Å². The average molecular weight is 548 g/mol. The first kappa shape index (κ1) is 25.0. The first-order chi connectivity index (χ1) is 15.1. The molecule has 0 amide bonds. The molecule has 0 radical (unpaired) electrons. The lowest BCUT2D eigenvalue weighted by Gasteiger charge is -2.33. The molecule has 0 heterocycles. The average Bonchev–Trinajstić information content (AvgIpc) is 3.04. The SMILES string of the molecule is CCCCCCCCC1(CCCCCCCC)c2cc(Br)ccc2-c2c(Br)cccc21. The molecule has 1 aliphatic carbocycles. The van der Waals surface area contributed by atoms with Gasteiger partial charge < -0.3 is 0 Å². The summed E-state index contributed by atoms with van der Waals surface area (Å²) in [7, 11) is 0. The van der Waals surface area contributed by atoms with Crippen molar-refractivity contribution in [2.24, 2.45) is 0 Å². The van der Waals surface area contributed by atoms with Gasteiger partial charge in [-0.2, -0.15) is 0 Å². The largest absolute Gasteiger partial charge is 0.0654 e. The van der Waals surface area contributed by atoms with Gasteiger partial charge in [0.05, 0.1) is 0 Å². The zero-order valence-electron chi connectivity index (χ0n) is 19.6. The number of benzene rings is 2. The van der Waals surface area contributed by atoms with E-state index in [0.29, 0.717) is 0 Å². The molecule has 0 unspecified atom stereocenters. The summed E-state index contributed by atoms with van der Waals surface area (Å²) in [5.74, 6) is 0. The zero-order valence-corrected chi connectivity index (χ0v) is 22.8. The number of rotatable bonds is 14. The van der Waals surface area contributed by atoms with Crippen LogP contribution in [0.2, 0.25) is 0 Å². The van der Waals surface area contributed by atoms with Gasteiger partial charge in [-0.1, -0.05) is 141 Å². The van der Waals surface area contributed by atoms with Crippen molar-refractivity contribution >= 4 is 31.9 Å². The van der Waals surface area contributed by atoms with Gasteiger partial charge >= 0.3 is 0 Å². The first-order valence-corrected chi connectivity index (χ1v) is 14.3. The van der Waals surface area contributed by atoms with Gasteiger partial charge in [-0.05, 0) is 47.7 Å². The zero-order chi connectivity index (χ0) is 22.1. The van der Waals surface area contributed by atoms with Gasteiger partial charge in [0, 0.05) is 19.9 Å². The fourth-order valence-corrected chi connectivity index (χ4v) is 6.49. The van der Waals surface area contributed by atoms with Crippen molar-refractivity contribution < 1.29 is 0 Å². The summed E-state index contributed by atoms with van der Waals surface area (Å²) in [6.07, 6.45) is 18.9. The Kier molecular flexibility index (Phi) is 10.2. The second kappa shape index (κ2) is 12.6. The van der Waals surface area contributed by atoms with Gasteiger partial charge in [-0.3, -0.25) is 0 Å². The molecule has 31 heavy (non-hydrogen) atoms. The predicted molar refractivity (Wildman–Crippen MR) is 144 cm³/mol. The molecule has 0 N–H and O–H groups in total. The van der Waals surface area contributed by atoms with E-state index in [2.05, 4.69) is 82.1 Å². The van der Waals surface area contributed by atoms with Crippen LogP contribution in [0.15, 0.2) is 45.3 Å². The molecular weight excluding hydrogens is 508 g/mol. The summed E-state index contributed by atoms with van der Waals surface area (Å²) >= 11 is 7.68. The van der Waals surface area contributed by atoms with Gasteiger partial charge in [0.2, 0.25) is 0 Å². The number of hydrogen-bond donors (Lipinski definition) is 0. The summed E-state index contributed by atoms with van der Waals surface area (Å²) in [6.45, 7) is 4.61. The van der Waals surface area contributed by atoms with Gasteiger partial charge in [0.15, 0.2) is 0 Å². The topological polar surface area (TPSA) is 0 Å². The Balaban J connectivity index is 1.86. The van der Waals surface area contributed by atoms with Crippen molar-refractivity contribution in [2.75, 3.05) is 0 Å². The molecule has 2 aromatic rings. The van der Waals surface area contributed by atoms with E-state index in [1.54, 1.807) is 11.1 Å². The third-order valence-corrected chi connectivity index (χ3v) is 8.36. The van der Waals surface area contributed by atoms with E-state index in [4.69, 9.17) is 0 Å². The van der Waals surface area contributed by atoms with E-state index in [1.165, 1.54) is 110 Å². The Morgan fingerprint density at radius 1 is 0.645 bits per heavy atom. The molecule has 0 saturated heterocycles. The molecule has 0 nitrogen and oxygen atoms in total. The van der Waals surface area contributed by atoms with Gasteiger partial charge in [-0.15, -0.1) is 0 Å². The minimum Gasteiger partial charge on any atom is -0.0654 e. The molecule has 0 bridgehead atoms. The maximum atomic E-state index is 3.90.